The quantitative estimate of drug-likeness (QED) is 0.729. The molecule has 1 aromatic heterocycles. The van der Waals surface area contributed by atoms with Crippen molar-refractivity contribution >= 4 is 17.3 Å². The van der Waals surface area contributed by atoms with Crippen LogP contribution in [0.5, 0.6) is 0 Å². The summed E-state index contributed by atoms with van der Waals surface area (Å²) in [5, 5.41) is 4.26. The zero-order valence-electron chi connectivity index (χ0n) is 10.5. The van der Waals surface area contributed by atoms with Gasteiger partial charge in [-0.1, -0.05) is 28.9 Å². The summed E-state index contributed by atoms with van der Waals surface area (Å²) >= 11 is 5.88. The number of anilines is 1. The highest BCUT2D eigenvalue weighted by molar-refractivity contribution is 6.30. The minimum absolute atomic E-state index is 0.0605. The number of benzene rings is 2. The number of nitrogen functional groups attached to an aromatic ring is 1. The Morgan fingerprint density at radius 3 is 2.67 bits per heavy atom. The Morgan fingerprint density at radius 2 is 1.90 bits per heavy atom. The average Bonchev–Trinajstić information content (AvgIpc) is 2.92. The van der Waals surface area contributed by atoms with Gasteiger partial charge in [0.05, 0.1) is 11.3 Å². The summed E-state index contributed by atoms with van der Waals surface area (Å²) < 4.78 is 31.9. The van der Waals surface area contributed by atoms with Crippen LogP contribution >= 0.6 is 11.6 Å². The lowest BCUT2D eigenvalue weighted by atomic mass is 10.1. The van der Waals surface area contributed by atoms with Crippen molar-refractivity contribution in [3.05, 3.63) is 53.1 Å². The predicted molar refractivity (Wildman–Crippen MR) is 74.5 cm³/mol. The van der Waals surface area contributed by atoms with Crippen LogP contribution in [0.15, 0.2) is 40.9 Å². The first-order chi connectivity index (χ1) is 10.0. The summed E-state index contributed by atoms with van der Waals surface area (Å²) in [4.78, 5) is 4.07. The minimum atomic E-state index is -0.842. The number of nitrogens with zero attached hydrogens (tertiary/aromatic N) is 2. The zero-order valence-corrected chi connectivity index (χ0v) is 11.2. The number of hydrogen-bond donors (Lipinski definition) is 1. The van der Waals surface area contributed by atoms with Crippen molar-refractivity contribution in [2.24, 2.45) is 0 Å². The van der Waals surface area contributed by atoms with Gasteiger partial charge in [-0.2, -0.15) is 4.98 Å². The molecule has 2 N–H and O–H groups in total. The SMILES string of the molecule is Nc1cc(-c2nc(-c3cccc(Cl)c3)no2)c(F)cc1F. The molecule has 0 amide bonds. The molecule has 2 aromatic carbocycles. The number of rotatable bonds is 2. The Bertz CT molecular complexity index is 820. The van der Waals surface area contributed by atoms with Crippen LogP contribution in [0.3, 0.4) is 0 Å². The van der Waals surface area contributed by atoms with Gasteiger partial charge >= 0.3 is 0 Å². The lowest BCUT2D eigenvalue weighted by Crippen LogP contribution is -1.94. The van der Waals surface area contributed by atoms with E-state index >= 15 is 0 Å². The molecule has 0 unspecified atom stereocenters. The summed E-state index contributed by atoms with van der Waals surface area (Å²) in [6.45, 7) is 0. The average molecular weight is 308 g/mol. The highest BCUT2D eigenvalue weighted by Crippen LogP contribution is 2.28. The zero-order chi connectivity index (χ0) is 15.0. The fourth-order valence-corrected chi connectivity index (χ4v) is 2.00. The van der Waals surface area contributed by atoms with E-state index in [-0.39, 0.29) is 23.0 Å². The second-order valence-corrected chi connectivity index (χ2v) is 4.72. The van der Waals surface area contributed by atoms with Crippen molar-refractivity contribution in [2.45, 2.75) is 0 Å². The number of nitrogens with two attached hydrogens (primary N) is 1. The van der Waals surface area contributed by atoms with Crippen molar-refractivity contribution in [1.82, 2.24) is 10.1 Å². The first-order valence-electron chi connectivity index (χ1n) is 5.89. The normalized spacial score (nSPS) is 10.8. The molecule has 21 heavy (non-hydrogen) atoms. The maximum atomic E-state index is 13.7. The summed E-state index contributed by atoms with van der Waals surface area (Å²) in [7, 11) is 0. The van der Waals surface area contributed by atoms with E-state index in [2.05, 4.69) is 10.1 Å². The Kier molecular flexibility index (Phi) is 3.31. The minimum Gasteiger partial charge on any atom is -0.396 e. The summed E-state index contributed by atoms with van der Waals surface area (Å²) in [5.74, 6) is -1.52. The molecule has 0 saturated heterocycles. The fraction of sp³-hybridized carbons (Fsp3) is 0. The molecule has 106 valence electrons. The molecule has 0 aliphatic carbocycles. The molecule has 0 aliphatic heterocycles. The van der Waals surface area contributed by atoms with Crippen LogP contribution in [0.25, 0.3) is 22.8 Å². The first-order valence-corrected chi connectivity index (χ1v) is 6.27. The third-order valence-electron chi connectivity index (χ3n) is 2.83. The van der Waals surface area contributed by atoms with Crippen LogP contribution in [0.1, 0.15) is 0 Å². The highest BCUT2D eigenvalue weighted by Gasteiger charge is 2.17. The highest BCUT2D eigenvalue weighted by atomic mass is 35.5. The summed E-state index contributed by atoms with van der Waals surface area (Å²) in [6.07, 6.45) is 0. The summed E-state index contributed by atoms with van der Waals surface area (Å²) in [5.41, 5.74) is 5.77. The van der Waals surface area contributed by atoms with E-state index in [1.165, 1.54) is 0 Å². The monoisotopic (exact) mass is 307 g/mol. The van der Waals surface area contributed by atoms with Gasteiger partial charge in [-0.25, -0.2) is 8.78 Å². The molecular weight excluding hydrogens is 300 g/mol. The van der Waals surface area contributed by atoms with Gasteiger partial charge in [-0.3, -0.25) is 0 Å². The van der Waals surface area contributed by atoms with Crippen molar-refractivity contribution in [3.8, 4) is 22.8 Å². The maximum absolute atomic E-state index is 13.7. The molecular formula is C14H8ClF2N3O. The molecule has 0 aliphatic rings. The van der Waals surface area contributed by atoms with E-state index in [0.717, 1.165) is 6.07 Å². The van der Waals surface area contributed by atoms with Crippen LogP contribution in [-0.4, -0.2) is 10.1 Å². The van der Waals surface area contributed by atoms with Crippen LogP contribution in [0.2, 0.25) is 5.02 Å². The van der Waals surface area contributed by atoms with Crippen LogP contribution in [-0.2, 0) is 0 Å². The molecule has 0 spiro atoms. The van der Waals surface area contributed by atoms with E-state index in [1.54, 1.807) is 24.3 Å². The van der Waals surface area contributed by atoms with E-state index in [0.29, 0.717) is 16.7 Å². The Morgan fingerprint density at radius 1 is 1.10 bits per heavy atom. The smallest absolute Gasteiger partial charge is 0.261 e. The van der Waals surface area contributed by atoms with Gasteiger partial charge in [0, 0.05) is 16.7 Å². The fourth-order valence-electron chi connectivity index (χ4n) is 1.81. The second kappa shape index (κ2) is 5.14. The number of hydrogen-bond acceptors (Lipinski definition) is 4. The van der Waals surface area contributed by atoms with E-state index in [4.69, 9.17) is 21.9 Å². The standard InChI is InChI=1S/C14H8ClF2N3O/c15-8-3-1-2-7(4-8)13-19-14(21-20-13)9-5-12(18)11(17)6-10(9)16/h1-6H,18H2. The second-order valence-electron chi connectivity index (χ2n) is 4.29. The van der Waals surface area contributed by atoms with Crippen molar-refractivity contribution in [1.29, 1.82) is 0 Å². The third kappa shape index (κ3) is 2.57. The molecule has 4 nitrogen and oxygen atoms in total. The largest absolute Gasteiger partial charge is 0.396 e. The van der Waals surface area contributed by atoms with Gasteiger partial charge in [0.1, 0.15) is 11.6 Å². The van der Waals surface area contributed by atoms with E-state index in [9.17, 15) is 8.78 Å². The molecule has 0 saturated carbocycles. The number of halogens is 3. The Hall–Kier alpha value is -2.47. The van der Waals surface area contributed by atoms with E-state index in [1.807, 2.05) is 0 Å². The summed E-state index contributed by atoms with van der Waals surface area (Å²) in [6, 6.07) is 8.59. The van der Waals surface area contributed by atoms with Crippen molar-refractivity contribution in [3.63, 3.8) is 0 Å². The molecule has 0 radical (unpaired) electrons. The van der Waals surface area contributed by atoms with E-state index < -0.39 is 11.6 Å². The molecule has 0 atom stereocenters. The van der Waals surface area contributed by atoms with Gasteiger partial charge in [0.15, 0.2) is 0 Å². The van der Waals surface area contributed by atoms with Crippen LogP contribution in [0, 0.1) is 11.6 Å². The Balaban J connectivity index is 2.05. The van der Waals surface area contributed by atoms with Gasteiger partial charge in [-0.15, -0.1) is 0 Å². The van der Waals surface area contributed by atoms with Crippen molar-refractivity contribution in [2.75, 3.05) is 5.73 Å². The lowest BCUT2D eigenvalue weighted by Gasteiger charge is -2.00. The predicted octanol–water partition coefficient (Wildman–Crippen LogP) is 3.92. The molecule has 3 rings (SSSR count). The van der Waals surface area contributed by atoms with Crippen LogP contribution in [0.4, 0.5) is 14.5 Å². The van der Waals surface area contributed by atoms with Gasteiger partial charge in [0.25, 0.3) is 5.89 Å². The topological polar surface area (TPSA) is 64.9 Å². The van der Waals surface area contributed by atoms with Gasteiger partial charge < -0.3 is 10.3 Å². The molecule has 3 aromatic rings. The van der Waals surface area contributed by atoms with Gasteiger partial charge in [0.2, 0.25) is 5.82 Å². The van der Waals surface area contributed by atoms with Crippen molar-refractivity contribution < 1.29 is 13.3 Å². The molecule has 7 heteroatoms. The van der Waals surface area contributed by atoms with Gasteiger partial charge in [-0.05, 0) is 18.2 Å². The molecule has 0 fully saturated rings. The lowest BCUT2D eigenvalue weighted by molar-refractivity contribution is 0.429. The third-order valence-corrected chi connectivity index (χ3v) is 3.06. The molecule has 1 heterocycles. The number of aromatic nitrogens is 2. The van der Waals surface area contributed by atoms with Crippen LogP contribution < -0.4 is 5.73 Å². The Labute approximate surface area is 123 Å². The first kappa shape index (κ1) is 13.5. The molecule has 0 bridgehead atoms. The maximum Gasteiger partial charge on any atom is 0.261 e.